The van der Waals surface area contributed by atoms with Crippen LogP contribution in [0.1, 0.15) is 25.3 Å². The molecule has 0 unspecified atom stereocenters. The van der Waals surface area contributed by atoms with E-state index in [4.69, 9.17) is 22.1 Å². The molecule has 1 aliphatic heterocycles. The second kappa shape index (κ2) is 12.1. The Labute approximate surface area is 250 Å². The summed E-state index contributed by atoms with van der Waals surface area (Å²) in [5.41, 5.74) is 7.91. The highest BCUT2D eigenvalue weighted by molar-refractivity contribution is 6.32. The average Bonchev–Trinajstić information content (AvgIpc) is 3.52. The molecular formula is C29H37ClN8O4. The van der Waals surface area contributed by atoms with Gasteiger partial charge >= 0.3 is 0 Å². The number of rotatable bonds is 10. The van der Waals surface area contributed by atoms with Gasteiger partial charge in [0.2, 0.25) is 23.7 Å². The molecule has 13 heteroatoms. The third-order valence-electron chi connectivity index (χ3n) is 8.17. The topological polar surface area (TPSA) is 155 Å². The number of aromatic nitrogens is 2. The minimum Gasteiger partial charge on any atom is -0.494 e. The van der Waals surface area contributed by atoms with Gasteiger partial charge in [0, 0.05) is 18.2 Å². The summed E-state index contributed by atoms with van der Waals surface area (Å²) >= 11 is 6.46. The fourth-order valence-electron chi connectivity index (χ4n) is 6.36. The second-order valence-electron chi connectivity index (χ2n) is 11.2. The maximum absolute atomic E-state index is 13.4. The Bertz CT molecular complexity index is 1420. The summed E-state index contributed by atoms with van der Waals surface area (Å²) < 4.78 is 5.85. The molecule has 2 aliphatic carbocycles. The highest BCUT2D eigenvalue weighted by atomic mass is 35.5. The van der Waals surface area contributed by atoms with E-state index >= 15 is 0 Å². The molecule has 224 valence electrons. The highest BCUT2D eigenvalue weighted by Crippen LogP contribution is 2.45. The molecular weight excluding hydrogens is 560 g/mol. The van der Waals surface area contributed by atoms with Crippen LogP contribution in [0.5, 0.6) is 5.75 Å². The number of fused-ring (bicyclic) bond motifs is 3. The molecule has 1 aromatic carbocycles. The Kier molecular flexibility index (Phi) is 8.55. The maximum Gasteiger partial charge on any atom is 0.249 e. The summed E-state index contributed by atoms with van der Waals surface area (Å²) in [6, 6.07) is 2.82. The Morgan fingerprint density at radius 3 is 2.69 bits per heavy atom. The van der Waals surface area contributed by atoms with E-state index in [1.165, 1.54) is 6.20 Å². The van der Waals surface area contributed by atoms with E-state index in [-0.39, 0.29) is 54.0 Å². The molecule has 12 nitrogen and oxygen atoms in total. The summed E-state index contributed by atoms with van der Waals surface area (Å²) in [5.74, 6) is 0.464. The van der Waals surface area contributed by atoms with E-state index in [1.54, 1.807) is 31.0 Å². The Balaban J connectivity index is 1.39. The lowest BCUT2D eigenvalue weighted by atomic mass is 9.88. The summed E-state index contributed by atoms with van der Waals surface area (Å²) in [5, 5.41) is 9.79. The lowest BCUT2D eigenvalue weighted by molar-refractivity contribution is -0.128. The predicted molar refractivity (Wildman–Crippen MR) is 161 cm³/mol. The highest BCUT2D eigenvalue weighted by Gasteiger charge is 2.47. The molecule has 0 saturated heterocycles. The van der Waals surface area contributed by atoms with Crippen molar-refractivity contribution in [2.24, 2.45) is 23.5 Å². The van der Waals surface area contributed by atoms with Crippen LogP contribution in [0.2, 0.25) is 5.02 Å². The van der Waals surface area contributed by atoms with Gasteiger partial charge in [0.15, 0.2) is 5.82 Å². The summed E-state index contributed by atoms with van der Waals surface area (Å²) in [6.45, 7) is 2.52. The summed E-state index contributed by atoms with van der Waals surface area (Å²) in [6.07, 6.45) is 7.46. The van der Waals surface area contributed by atoms with E-state index in [9.17, 15) is 14.4 Å². The molecule has 0 radical (unpaired) electrons. The number of ether oxygens (including phenoxy) is 1. The Hall–Kier alpha value is -3.90. The molecule has 5 atom stereocenters. The number of allylic oxidation sites excluding steroid dienone is 1. The van der Waals surface area contributed by atoms with Gasteiger partial charge in [0.05, 0.1) is 37.1 Å². The molecule has 42 heavy (non-hydrogen) atoms. The number of nitrogens with zero attached hydrogens (tertiary/aromatic N) is 4. The van der Waals surface area contributed by atoms with Crippen LogP contribution in [0, 0.1) is 17.8 Å². The smallest absolute Gasteiger partial charge is 0.249 e. The third kappa shape index (κ3) is 5.73. The number of nitrogens with two attached hydrogens (primary N) is 1. The van der Waals surface area contributed by atoms with Crippen molar-refractivity contribution in [3.63, 3.8) is 0 Å². The van der Waals surface area contributed by atoms with Gasteiger partial charge in [-0.3, -0.25) is 14.4 Å². The van der Waals surface area contributed by atoms with E-state index in [1.807, 2.05) is 19.1 Å². The number of primary amides is 1. The van der Waals surface area contributed by atoms with Crippen molar-refractivity contribution in [3.8, 4) is 5.75 Å². The van der Waals surface area contributed by atoms with Crippen molar-refractivity contribution < 1.29 is 19.1 Å². The normalized spacial score (nSPS) is 24.4. The molecule has 1 saturated carbocycles. The van der Waals surface area contributed by atoms with Gasteiger partial charge in [-0.1, -0.05) is 23.8 Å². The number of amides is 3. The van der Waals surface area contributed by atoms with Crippen molar-refractivity contribution in [2.75, 3.05) is 49.8 Å². The quantitative estimate of drug-likeness (QED) is 0.302. The van der Waals surface area contributed by atoms with E-state index in [2.05, 4.69) is 38.1 Å². The lowest BCUT2D eigenvalue weighted by Gasteiger charge is -2.27. The van der Waals surface area contributed by atoms with Crippen molar-refractivity contribution in [2.45, 2.75) is 38.3 Å². The van der Waals surface area contributed by atoms with E-state index in [0.717, 1.165) is 17.7 Å². The van der Waals surface area contributed by atoms with E-state index in [0.29, 0.717) is 41.7 Å². The number of hydrogen-bond acceptors (Lipinski definition) is 9. The summed E-state index contributed by atoms with van der Waals surface area (Å²) in [7, 11) is 5.18. The van der Waals surface area contributed by atoms with Crippen LogP contribution in [-0.2, 0) is 20.8 Å². The van der Waals surface area contributed by atoms with Gasteiger partial charge in [-0.05, 0) is 64.3 Å². The lowest BCUT2D eigenvalue weighted by Crippen LogP contribution is -2.49. The summed E-state index contributed by atoms with van der Waals surface area (Å²) in [4.78, 5) is 50.5. The minimum atomic E-state index is -0.649. The first kappa shape index (κ1) is 29.6. The number of methoxy groups -OCH3 is 1. The monoisotopic (exact) mass is 596 g/mol. The molecule has 2 aromatic rings. The molecule has 2 heterocycles. The molecule has 3 aliphatic rings. The number of halogens is 1. The van der Waals surface area contributed by atoms with Crippen LogP contribution < -0.4 is 31.3 Å². The van der Waals surface area contributed by atoms with E-state index < -0.39 is 6.04 Å². The van der Waals surface area contributed by atoms with Gasteiger partial charge in [0.1, 0.15) is 16.8 Å². The maximum atomic E-state index is 13.4. The first-order valence-corrected chi connectivity index (χ1v) is 14.5. The Morgan fingerprint density at radius 2 is 2.00 bits per heavy atom. The van der Waals surface area contributed by atoms with Crippen LogP contribution in [0.4, 0.5) is 23.1 Å². The standard InChI is InChI=1S/C29H37ClN8O4/c1-5-38-21-11-10-19(25(42-4)17(21)8-9-20(28(38)41)33-22(39)14-37(2)3)34-29-32-13-18(30)27(36-29)35-24-16-7-6-15(12-16)23(24)26(31)40/h6-7,10-11,13,15-16,20,23-24H,5,8-9,12,14H2,1-4H3,(H2,31,40)(H,33,39)(H2,32,34,35,36)/t15-,16+,20+,23+,24-/m1/s1. The third-order valence-corrected chi connectivity index (χ3v) is 8.45. The first-order valence-electron chi connectivity index (χ1n) is 14.1. The molecule has 1 aromatic heterocycles. The molecule has 0 spiro atoms. The largest absolute Gasteiger partial charge is 0.494 e. The Morgan fingerprint density at radius 1 is 1.24 bits per heavy atom. The van der Waals surface area contributed by atoms with Gasteiger partial charge in [0.25, 0.3) is 0 Å². The predicted octanol–water partition coefficient (Wildman–Crippen LogP) is 2.32. The molecule has 5 rings (SSSR count). The zero-order valence-corrected chi connectivity index (χ0v) is 24.9. The van der Waals surface area contributed by atoms with Crippen LogP contribution in [-0.4, -0.2) is 79.0 Å². The van der Waals surface area contributed by atoms with Crippen molar-refractivity contribution in [1.29, 1.82) is 0 Å². The number of carbonyl (C=O) groups excluding carboxylic acids is 3. The number of benzene rings is 1. The van der Waals surface area contributed by atoms with Crippen molar-refractivity contribution in [1.82, 2.24) is 20.2 Å². The van der Waals surface area contributed by atoms with Crippen LogP contribution in [0.15, 0.2) is 30.5 Å². The van der Waals surface area contributed by atoms with Gasteiger partial charge in [-0.25, -0.2) is 4.98 Å². The molecule has 1 fully saturated rings. The van der Waals surface area contributed by atoms with Crippen LogP contribution in [0.3, 0.4) is 0 Å². The first-order chi connectivity index (χ1) is 20.1. The SMILES string of the molecule is CCN1C(=O)[C@@H](NC(=O)CN(C)C)CCc2c1ccc(Nc1ncc(Cl)c(N[C@H]3[C@@H](C(N)=O)[C@@H]4C=C[C@H]3C4)n1)c2OC. The zero-order chi connectivity index (χ0) is 30.1. The average molecular weight is 597 g/mol. The molecule has 3 amide bonds. The van der Waals surface area contributed by atoms with Crippen LogP contribution >= 0.6 is 11.6 Å². The van der Waals surface area contributed by atoms with Crippen molar-refractivity contribution >= 4 is 52.5 Å². The van der Waals surface area contributed by atoms with Gasteiger partial charge in [-0.15, -0.1) is 0 Å². The number of anilines is 4. The fraction of sp³-hybridized carbons (Fsp3) is 0.483. The van der Waals surface area contributed by atoms with Crippen molar-refractivity contribution in [3.05, 3.63) is 41.1 Å². The number of nitrogens with one attached hydrogen (secondary N) is 3. The van der Waals surface area contributed by atoms with Gasteiger partial charge < -0.3 is 36.2 Å². The second-order valence-corrected chi connectivity index (χ2v) is 11.6. The number of likely N-dealkylation sites (N-methyl/N-ethyl adjacent to an activating group) is 2. The van der Waals surface area contributed by atoms with Crippen LogP contribution in [0.25, 0.3) is 0 Å². The zero-order valence-electron chi connectivity index (χ0n) is 24.2. The van der Waals surface area contributed by atoms with Gasteiger partial charge in [-0.2, -0.15) is 4.98 Å². The minimum absolute atomic E-state index is 0.113. The number of carbonyl (C=O) groups is 3. The molecule has 5 N–H and O–H groups in total. The molecule has 2 bridgehead atoms. The fourth-order valence-corrected chi connectivity index (χ4v) is 6.51. The number of hydrogen-bond donors (Lipinski definition) is 4.